The first-order chi connectivity index (χ1) is 11.2. The van der Waals surface area contributed by atoms with Gasteiger partial charge in [0.15, 0.2) is 0 Å². The lowest BCUT2D eigenvalue weighted by Crippen LogP contribution is -2.10. The zero-order valence-corrected chi connectivity index (χ0v) is 15.4. The molecule has 0 saturated carbocycles. The van der Waals surface area contributed by atoms with E-state index in [9.17, 15) is 4.79 Å². The van der Waals surface area contributed by atoms with Crippen LogP contribution in [0.3, 0.4) is 0 Å². The number of aliphatic hydroxyl groups is 2. The van der Waals surface area contributed by atoms with E-state index in [2.05, 4.69) is 6.92 Å². The average Bonchev–Trinajstić information content (AvgIpc) is 2.56. The van der Waals surface area contributed by atoms with Crippen molar-refractivity contribution >= 4 is 5.78 Å². The van der Waals surface area contributed by atoms with Gasteiger partial charge in [0.1, 0.15) is 5.78 Å². The fourth-order valence-corrected chi connectivity index (χ4v) is 2.97. The molecule has 0 aliphatic rings. The Morgan fingerprint density at radius 2 is 1.04 bits per heavy atom. The van der Waals surface area contributed by atoms with Crippen LogP contribution in [0.4, 0.5) is 0 Å². The van der Waals surface area contributed by atoms with Crippen LogP contribution in [0.15, 0.2) is 0 Å². The number of aliphatic hydroxyl groups excluding tert-OH is 2. The molecule has 0 bridgehead atoms. The van der Waals surface area contributed by atoms with Crippen molar-refractivity contribution in [1.29, 1.82) is 0 Å². The molecule has 0 aliphatic carbocycles. The SMILES string of the molecule is CC(CCCCCCCCO)C(=O)CCCCCCCCCO. The van der Waals surface area contributed by atoms with Crippen molar-refractivity contribution in [2.24, 2.45) is 5.92 Å². The Morgan fingerprint density at radius 1 is 0.652 bits per heavy atom. The molecule has 23 heavy (non-hydrogen) atoms. The summed E-state index contributed by atoms with van der Waals surface area (Å²) in [6.07, 6.45) is 16.6. The molecule has 1 unspecified atom stereocenters. The molecule has 0 rings (SSSR count). The van der Waals surface area contributed by atoms with Gasteiger partial charge >= 0.3 is 0 Å². The summed E-state index contributed by atoms with van der Waals surface area (Å²) in [7, 11) is 0. The van der Waals surface area contributed by atoms with Crippen molar-refractivity contribution in [3.8, 4) is 0 Å². The number of unbranched alkanes of at least 4 members (excludes halogenated alkanes) is 11. The number of carbonyl (C=O) groups is 1. The molecular formula is C20H40O3. The van der Waals surface area contributed by atoms with Gasteiger partial charge in [0.25, 0.3) is 0 Å². The maximum Gasteiger partial charge on any atom is 0.135 e. The minimum absolute atomic E-state index is 0.233. The Morgan fingerprint density at radius 3 is 1.52 bits per heavy atom. The molecule has 0 aromatic heterocycles. The van der Waals surface area contributed by atoms with Crippen LogP contribution < -0.4 is 0 Å². The van der Waals surface area contributed by atoms with E-state index in [0.29, 0.717) is 19.0 Å². The molecule has 0 saturated heterocycles. The van der Waals surface area contributed by atoms with Gasteiger partial charge in [0, 0.05) is 25.6 Å². The largest absolute Gasteiger partial charge is 0.396 e. The number of ketones is 1. The van der Waals surface area contributed by atoms with Gasteiger partial charge < -0.3 is 10.2 Å². The van der Waals surface area contributed by atoms with Gasteiger partial charge in [-0.15, -0.1) is 0 Å². The first kappa shape index (κ1) is 22.6. The highest BCUT2D eigenvalue weighted by molar-refractivity contribution is 5.80. The van der Waals surface area contributed by atoms with Crippen LogP contribution in [0.2, 0.25) is 0 Å². The summed E-state index contributed by atoms with van der Waals surface area (Å²) >= 11 is 0. The summed E-state index contributed by atoms with van der Waals surface area (Å²) in [4.78, 5) is 12.1. The molecule has 3 nitrogen and oxygen atoms in total. The highest BCUT2D eigenvalue weighted by Gasteiger charge is 2.11. The lowest BCUT2D eigenvalue weighted by molar-refractivity contribution is -0.122. The smallest absolute Gasteiger partial charge is 0.135 e. The van der Waals surface area contributed by atoms with Crippen LogP contribution in [0, 0.1) is 5.92 Å². The minimum atomic E-state index is 0.233. The monoisotopic (exact) mass is 328 g/mol. The van der Waals surface area contributed by atoms with Crippen LogP contribution in [0.25, 0.3) is 0 Å². The van der Waals surface area contributed by atoms with E-state index in [0.717, 1.165) is 51.4 Å². The molecule has 0 aromatic carbocycles. The predicted molar refractivity (Wildman–Crippen MR) is 97.6 cm³/mol. The maximum atomic E-state index is 12.1. The van der Waals surface area contributed by atoms with Gasteiger partial charge in [-0.2, -0.15) is 0 Å². The van der Waals surface area contributed by atoms with E-state index in [4.69, 9.17) is 10.2 Å². The fraction of sp³-hybridized carbons (Fsp3) is 0.950. The molecule has 0 aliphatic heterocycles. The topological polar surface area (TPSA) is 57.5 Å². The molecule has 0 fully saturated rings. The summed E-state index contributed by atoms with van der Waals surface area (Å²) in [5, 5.41) is 17.4. The van der Waals surface area contributed by atoms with Crippen LogP contribution >= 0.6 is 0 Å². The van der Waals surface area contributed by atoms with E-state index in [-0.39, 0.29) is 5.92 Å². The molecule has 0 heterocycles. The van der Waals surface area contributed by atoms with Crippen LogP contribution in [0.5, 0.6) is 0 Å². The minimum Gasteiger partial charge on any atom is -0.396 e. The van der Waals surface area contributed by atoms with Crippen LogP contribution in [-0.4, -0.2) is 29.2 Å². The third-order valence-corrected chi connectivity index (χ3v) is 4.68. The van der Waals surface area contributed by atoms with E-state index < -0.39 is 0 Å². The van der Waals surface area contributed by atoms with Gasteiger partial charge in [0.05, 0.1) is 0 Å². The van der Waals surface area contributed by atoms with Gasteiger partial charge in [0.2, 0.25) is 0 Å². The fourth-order valence-electron chi connectivity index (χ4n) is 2.97. The molecule has 0 radical (unpaired) electrons. The molecule has 138 valence electrons. The van der Waals surface area contributed by atoms with E-state index in [1.165, 1.54) is 44.9 Å². The zero-order valence-electron chi connectivity index (χ0n) is 15.4. The number of rotatable bonds is 18. The Bertz CT molecular complexity index is 253. The summed E-state index contributed by atoms with van der Waals surface area (Å²) < 4.78 is 0. The second-order valence-corrected chi connectivity index (χ2v) is 6.95. The Kier molecular flexibility index (Phi) is 17.6. The second kappa shape index (κ2) is 17.9. The molecule has 2 N–H and O–H groups in total. The Labute approximate surface area is 143 Å². The highest BCUT2D eigenvalue weighted by atomic mass is 16.3. The van der Waals surface area contributed by atoms with Gasteiger partial charge in [-0.05, 0) is 25.7 Å². The summed E-state index contributed by atoms with van der Waals surface area (Å²) in [5.41, 5.74) is 0. The number of carbonyl (C=O) groups excluding carboxylic acids is 1. The maximum absolute atomic E-state index is 12.1. The third kappa shape index (κ3) is 16.2. The van der Waals surface area contributed by atoms with E-state index in [1.807, 2.05) is 0 Å². The van der Waals surface area contributed by atoms with Crippen molar-refractivity contribution < 1.29 is 15.0 Å². The predicted octanol–water partition coefficient (Wildman–Crippen LogP) is 5.03. The van der Waals surface area contributed by atoms with Crippen LogP contribution in [-0.2, 0) is 4.79 Å². The zero-order chi connectivity index (χ0) is 17.2. The normalized spacial score (nSPS) is 12.5. The van der Waals surface area contributed by atoms with Gasteiger partial charge in [-0.25, -0.2) is 0 Å². The van der Waals surface area contributed by atoms with Gasteiger partial charge in [-0.1, -0.05) is 71.1 Å². The third-order valence-electron chi connectivity index (χ3n) is 4.68. The molecule has 1 atom stereocenters. The summed E-state index contributed by atoms with van der Waals surface area (Å²) in [5.74, 6) is 0.683. The van der Waals surface area contributed by atoms with E-state index in [1.54, 1.807) is 0 Å². The first-order valence-corrected chi connectivity index (χ1v) is 9.96. The van der Waals surface area contributed by atoms with Crippen LogP contribution in [0.1, 0.15) is 103 Å². The molecule has 0 spiro atoms. The van der Waals surface area contributed by atoms with Crippen molar-refractivity contribution in [3.05, 3.63) is 0 Å². The number of hydrogen-bond acceptors (Lipinski definition) is 3. The standard InChI is InChI=1S/C20H40O3/c1-19(15-11-7-4-6-10-14-18-22)20(23)16-12-8-3-2-5-9-13-17-21/h19,21-22H,2-18H2,1H3. The molecular weight excluding hydrogens is 288 g/mol. The molecule has 0 amide bonds. The van der Waals surface area contributed by atoms with Crippen molar-refractivity contribution in [2.45, 2.75) is 103 Å². The van der Waals surface area contributed by atoms with E-state index >= 15 is 0 Å². The Hall–Kier alpha value is -0.410. The molecule has 3 heteroatoms. The second-order valence-electron chi connectivity index (χ2n) is 6.95. The highest BCUT2D eigenvalue weighted by Crippen LogP contribution is 2.16. The quantitative estimate of drug-likeness (QED) is 0.347. The Balaban J connectivity index is 3.35. The van der Waals surface area contributed by atoms with Gasteiger partial charge in [-0.3, -0.25) is 4.79 Å². The lowest BCUT2D eigenvalue weighted by atomic mass is 9.94. The van der Waals surface area contributed by atoms with Crippen molar-refractivity contribution in [3.63, 3.8) is 0 Å². The lowest BCUT2D eigenvalue weighted by Gasteiger charge is -2.10. The number of Topliss-reactive ketones (excluding diaryl/α,β-unsaturated/α-hetero) is 1. The van der Waals surface area contributed by atoms with Crippen molar-refractivity contribution in [2.75, 3.05) is 13.2 Å². The van der Waals surface area contributed by atoms with Crippen molar-refractivity contribution in [1.82, 2.24) is 0 Å². The number of hydrogen-bond donors (Lipinski definition) is 2. The average molecular weight is 329 g/mol. The first-order valence-electron chi connectivity index (χ1n) is 9.96. The molecule has 0 aromatic rings. The summed E-state index contributed by atoms with van der Waals surface area (Å²) in [6.45, 7) is 2.71. The summed E-state index contributed by atoms with van der Waals surface area (Å²) in [6, 6.07) is 0.